The summed E-state index contributed by atoms with van der Waals surface area (Å²) in [5.74, 6) is 0.0650. The molecule has 0 bridgehead atoms. The first-order chi connectivity index (χ1) is 7.61. The van der Waals surface area contributed by atoms with Crippen LogP contribution in [-0.2, 0) is 0 Å². The molecule has 2 heterocycles. The number of nitrogens with zero attached hydrogens (tertiary/aromatic N) is 3. The van der Waals surface area contributed by atoms with E-state index in [1.807, 2.05) is 13.8 Å². The van der Waals surface area contributed by atoms with Crippen LogP contribution in [0.2, 0.25) is 0 Å². The molecule has 16 heavy (non-hydrogen) atoms. The minimum Gasteiger partial charge on any atom is -0.467 e. The van der Waals surface area contributed by atoms with Crippen LogP contribution in [0.15, 0.2) is 11.0 Å². The van der Waals surface area contributed by atoms with Gasteiger partial charge < -0.3 is 9.72 Å². The van der Waals surface area contributed by atoms with Crippen molar-refractivity contribution in [1.29, 1.82) is 0 Å². The Morgan fingerprint density at radius 2 is 2.12 bits per heavy atom. The number of aromatic nitrogens is 4. The minimum atomic E-state index is -0.219. The summed E-state index contributed by atoms with van der Waals surface area (Å²) in [5, 5.41) is 0. The third-order valence-electron chi connectivity index (χ3n) is 2.18. The number of nitrogens with one attached hydrogen (secondary N) is 1. The van der Waals surface area contributed by atoms with E-state index in [1.54, 1.807) is 0 Å². The summed E-state index contributed by atoms with van der Waals surface area (Å²) in [5.41, 5.74) is 1.22. The summed E-state index contributed by atoms with van der Waals surface area (Å²) in [6.07, 6.45) is 1.53. The highest BCUT2D eigenvalue weighted by Crippen LogP contribution is 2.11. The predicted molar refractivity (Wildman–Crippen MR) is 58.6 cm³/mol. The van der Waals surface area contributed by atoms with Crippen LogP contribution < -0.4 is 10.3 Å². The van der Waals surface area contributed by atoms with E-state index in [9.17, 15) is 4.79 Å². The lowest BCUT2D eigenvalue weighted by Gasteiger charge is -2.04. The maximum absolute atomic E-state index is 11.7. The van der Waals surface area contributed by atoms with E-state index in [0.29, 0.717) is 16.9 Å². The zero-order chi connectivity index (χ0) is 11.7. The Kier molecular flexibility index (Phi) is 2.55. The molecule has 6 heteroatoms. The van der Waals surface area contributed by atoms with Crippen LogP contribution in [0.3, 0.4) is 0 Å². The van der Waals surface area contributed by atoms with Gasteiger partial charge in [0.1, 0.15) is 11.2 Å². The number of methoxy groups -OCH3 is 1. The highest BCUT2D eigenvalue weighted by atomic mass is 16.5. The minimum absolute atomic E-state index is 0.0650. The van der Waals surface area contributed by atoms with Crippen molar-refractivity contribution < 1.29 is 4.74 Å². The number of hydrogen-bond acceptors (Lipinski definition) is 5. The summed E-state index contributed by atoms with van der Waals surface area (Å²) in [6, 6.07) is 0.210. The van der Waals surface area contributed by atoms with E-state index in [0.717, 1.165) is 0 Å². The molecule has 0 fully saturated rings. The standard InChI is InChI=1S/C10H12N4O2/c1-5(2)7-9(15)13-8-6(12-7)4-11-10(14-8)16-3/h4-5H,1-3H3,(H,11,13,14,15). The van der Waals surface area contributed by atoms with E-state index < -0.39 is 0 Å². The molecular formula is C10H12N4O2. The monoisotopic (exact) mass is 220 g/mol. The molecule has 0 aliphatic rings. The molecule has 0 aromatic carbocycles. The normalized spacial score (nSPS) is 11.0. The van der Waals surface area contributed by atoms with Gasteiger partial charge in [-0.2, -0.15) is 4.98 Å². The van der Waals surface area contributed by atoms with E-state index in [1.165, 1.54) is 13.3 Å². The van der Waals surface area contributed by atoms with Gasteiger partial charge >= 0.3 is 6.01 Å². The van der Waals surface area contributed by atoms with Crippen LogP contribution in [0.4, 0.5) is 0 Å². The van der Waals surface area contributed by atoms with Crippen LogP contribution in [0.5, 0.6) is 6.01 Å². The molecule has 0 aliphatic carbocycles. The van der Waals surface area contributed by atoms with E-state index >= 15 is 0 Å². The van der Waals surface area contributed by atoms with Gasteiger partial charge in [-0.15, -0.1) is 0 Å². The van der Waals surface area contributed by atoms with Gasteiger partial charge in [0.2, 0.25) is 0 Å². The zero-order valence-electron chi connectivity index (χ0n) is 9.31. The SMILES string of the molecule is COc1ncc2nc(C(C)C)c(=O)[nH]c2n1. The topological polar surface area (TPSA) is 80.8 Å². The lowest BCUT2D eigenvalue weighted by molar-refractivity contribution is 0.381. The van der Waals surface area contributed by atoms with Crippen LogP contribution in [-0.4, -0.2) is 27.0 Å². The van der Waals surface area contributed by atoms with Crippen molar-refractivity contribution in [3.63, 3.8) is 0 Å². The number of ether oxygens (including phenoxy) is 1. The fourth-order valence-electron chi connectivity index (χ4n) is 1.37. The molecule has 2 aromatic rings. The molecule has 6 nitrogen and oxygen atoms in total. The fraction of sp³-hybridized carbons (Fsp3) is 0.400. The quantitative estimate of drug-likeness (QED) is 0.811. The van der Waals surface area contributed by atoms with Crippen molar-refractivity contribution in [3.8, 4) is 6.01 Å². The predicted octanol–water partition coefficient (Wildman–Crippen LogP) is 0.845. The van der Waals surface area contributed by atoms with Crippen LogP contribution in [0, 0.1) is 0 Å². The van der Waals surface area contributed by atoms with Crippen LogP contribution in [0.25, 0.3) is 11.2 Å². The molecule has 0 atom stereocenters. The first kappa shape index (κ1) is 10.5. The third-order valence-corrected chi connectivity index (χ3v) is 2.18. The molecule has 0 radical (unpaired) electrons. The fourth-order valence-corrected chi connectivity index (χ4v) is 1.37. The maximum atomic E-state index is 11.7. The van der Waals surface area contributed by atoms with E-state index in [-0.39, 0.29) is 17.5 Å². The molecule has 1 N–H and O–H groups in total. The summed E-state index contributed by atoms with van der Waals surface area (Å²) in [7, 11) is 1.47. The molecule has 84 valence electrons. The Bertz CT molecular complexity index is 577. The molecule has 0 unspecified atom stereocenters. The molecular weight excluding hydrogens is 208 g/mol. The maximum Gasteiger partial charge on any atom is 0.318 e. The van der Waals surface area contributed by atoms with Crippen LogP contribution in [0.1, 0.15) is 25.5 Å². The summed E-state index contributed by atoms with van der Waals surface area (Å²) < 4.78 is 4.87. The van der Waals surface area contributed by atoms with Crippen molar-refractivity contribution in [2.75, 3.05) is 7.11 Å². The summed E-state index contributed by atoms with van der Waals surface area (Å²) in [4.78, 5) is 26.5. The average Bonchev–Trinajstić information content (AvgIpc) is 2.27. The number of fused-ring (bicyclic) bond motifs is 1. The molecule has 0 aliphatic heterocycles. The second kappa shape index (κ2) is 3.88. The Hall–Kier alpha value is -1.98. The van der Waals surface area contributed by atoms with Crippen molar-refractivity contribution in [3.05, 3.63) is 22.2 Å². The molecule has 0 spiro atoms. The number of H-pyrrole nitrogens is 1. The van der Waals surface area contributed by atoms with Crippen molar-refractivity contribution in [2.45, 2.75) is 19.8 Å². The highest BCUT2D eigenvalue weighted by molar-refractivity contribution is 5.68. The van der Waals surface area contributed by atoms with E-state index in [2.05, 4.69) is 19.9 Å². The molecule has 0 saturated heterocycles. The zero-order valence-corrected chi connectivity index (χ0v) is 9.31. The lowest BCUT2D eigenvalue weighted by Crippen LogP contribution is -2.17. The largest absolute Gasteiger partial charge is 0.467 e. The Morgan fingerprint density at radius 1 is 1.38 bits per heavy atom. The van der Waals surface area contributed by atoms with Gasteiger partial charge in [0.05, 0.1) is 13.3 Å². The molecule has 0 amide bonds. The average molecular weight is 220 g/mol. The highest BCUT2D eigenvalue weighted by Gasteiger charge is 2.10. The van der Waals surface area contributed by atoms with Gasteiger partial charge in [-0.1, -0.05) is 13.8 Å². The second-order valence-corrected chi connectivity index (χ2v) is 3.70. The van der Waals surface area contributed by atoms with Gasteiger partial charge in [0.25, 0.3) is 5.56 Å². The van der Waals surface area contributed by atoms with E-state index in [4.69, 9.17) is 4.74 Å². The van der Waals surface area contributed by atoms with Gasteiger partial charge in [-0.25, -0.2) is 9.97 Å². The van der Waals surface area contributed by atoms with Crippen molar-refractivity contribution in [2.24, 2.45) is 0 Å². The van der Waals surface area contributed by atoms with Gasteiger partial charge in [-0.05, 0) is 0 Å². The van der Waals surface area contributed by atoms with Crippen LogP contribution >= 0.6 is 0 Å². The summed E-state index contributed by atoms with van der Waals surface area (Å²) >= 11 is 0. The molecule has 2 aromatic heterocycles. The summed E-state index contributed by atoms with van der Waals surface area (Å²) in [6.45, 7) is 3.82. The Morgan fingerprint density at radius 3 is 2.75 bits per heavy atom. The Labute approximate surface area is 91.7 Å². The first-order valence-electron chi connectivity index (χ1n) is 4.92. The molecule has 0 saturated carbocycles. The van der Waals surface area contributed by atoms with Gasteiger partial charge in [-0.3, -0.25) is 4.79 Å². The molecule has 2 rings (SSSR count). The second-order valence-electron chi connectivity index (χ2n) is 3.70. The van der Waals surface area contributed by atoms with Crippen molar-refractivity contribution >= 4 is 11.2 Å². The van der Waals surface area contributed by atoms with Crippen molar-refractivity contribution in [1.82, 2.24) is 19.9 Å². The lowest BCUT2D eigenvalue weighted by atomic mass is 10.1. The number of hydrogen-bond donors (Lipinski definition) is 1. The van der Waals surface area contributed by atoms with Gasteiger partial charge in [0.15, 0.2) is 5.65 Å². The first-order valence-corrected chi connectivity index (χ1v) is 4.92. The number of aromatic amines is 1. The smallest absolute Gasteiger partial charge is 0.318 e. The third kappa shape index (κ3) is 1.73. The number of rotatable bonds is 2. The Balaban J connectivity index is 2.69. The van der Waals surface area contributed by atoms with Gasteiger partial charge in [0, 0.05) is 5.92 Å².